The van der Waals surface area contributed by atoms with Gasteiger partial charge >= 0.3 is 5.97 Å². The summed E-state index contributed by atoms with van der Waals surface area (Å²) in [7, 11) is 2.20. The van der Waals surface area contributed by atoms with Crippen molar-refractivity contribution in [2.75, 3.05) is 13.6 Å². The van der Waals surface area contributed by atoms with Gasteiger partial charge in [-0.15, -0.1) is 0 Å². The minimum atomic E-state index is -0.140. The van der Waals surface area contributed by atoms with Crippen molar-refractivity contribution in [3.63, 3.8) is 0 Å². The van der Waals surface area contributed by atoms with E-state index in [4.69, 9.17) is 4.74 Å². The summed E-state index contributed by atoms with van der Waals surface area (Å²) in [5.74, 6) is 0.512. The molecule has 1 aliphatic heterocycles. The average molecular weight is 314 g/mol. The lowest BCUT2D eigenvalue weighted by atomic mass is 10.0. The van der Waals surface area contributed by atoms with Crippen molar-refractivity contribution in [2.45, 2.75) is 51.5 Å². The highest BCUT2D eigenvalue weighted by Crippen LogP contribution is 2.27. The lowest BCUT2D eigenvalue weighted by molar-refractivity contribution is -0.134. The number of hydrogen-bond donors (Lipinski definition) is 1. The molecule has 3 rings (SSSR count). The number of esters is 1. The molecule has 0 aliphatic carbocycles. The Morgan fingerprint density at radius 1 is 1.43 bits per heavy atom. The molecule has 1 atom stereocenters. The third kappa shape index (κ3) is 3.75. The number of nitrogens with zero attached hydrogens (tertiary/aromatic N) is 1. The zero-order valence-corrected chi connectivity index (χ0v) is 14.1. The maximum absolute atomic E-state index is 11.8. The fourth-order valence-electron chi connectivity index (χ4n) is 3.38. The molecule has 0 bridgehead atoms. The lowest BCUT2D eigenvalue weighted by Gasteiger charge is -2.18. The second-order valence-corrected chi connectivity index (χ2v) is 6.58. The molecule has 4 nitrogen and oxygen atoms in total. The van der Waals surface area contributed by atoms with Crippen LogP contribution in [0.3, 0.4) is 0 Å². The summed E-state index contributed by atoms with van der Waals surface area (Å²) >= 11 is 0. The summed E-state index contributed by atoms with van der Waals surface area (Å²) in [6, 6.07) is 6.48. The Labute approximate surface area is 137 Å². The number of ether oxygens (including phenoxy) is 1. The third-order valence-corrected chi connectivity index (χ3v) is 4.83. The first-order valence-electron chi connectivity index (χ1n) is 8.68. The van der Waals surface area contributed by atoms with Gasteiger partial charge in [0, 0.05) is 29.6 Å². The highest BCUT2D eigenvalue weighted by Gasteiger charge is 2.22. The lowest BCUT2D eigenvalue weighted by Crippen LogP contribution is -2.26. The van der Waals surface area contributed by atoms with Gasteiger partial charge in [-0.05, 0) is 63.0 Å². The Morgan fingerprint density at radius 3 is 3.04 bits per heavy atom. The number of aromatic nitrogens is 1. The largest absolute Gasteiger partial charge is 0.427 e. The number of unbranched alkanes of at least 4 members (excludes halogenated alkanes) is 1. The predicted molar refractivity (Wildman–Crippen MR) is 92.8 cm³/mol. The Bertz CT molecular complexity index is 677. The van der Waals surface area contributed by atoms with Gasteiger partial charge in [0.15, 0.2) is 0 Å². The molecule has 0 amide bonds. The van der Waals surface area contributed by atoms with Gasteiger partial charge in [0.25, 0.3) is 0 Å². The first kappa shape index (κ1) is 16.1. The molecule has 124 valence electrons. The van der Waals surface area contributed by atoms with Crippen LogP contribution in [-0.2, 0) is 11.2 Å². The molecule has 1 aromatic carbocycles. The number of rotatable bonds is 6. The number of benzene rings is 1. The van der Waals surface area contributed by atoms with Gasteiger partial charge in [0.2, 0.25) is 0 Å². The van der Waals surface area contributed by atoms with E-state index in [0.29, 0.717) is 18.2 Å². The molecule has 1 aliphatic rings. The Morgan fingerprint density at radius 2 is 2.30 bits per heavy atom. The Hall–Kier alpha value is -1.81. The van der Waals surface area contributed by atoms with E-state index in [1.165, 1.54) is 30.3 Å². The molecule has 23 heavy (non-hydrogen) atoms. The highest BCUT2D eigenvalue weighted by atomic mass is 16.5. The van der Waals surface area contributed by atoms with Crippen molar-refractivity contribution in [1.29, 1.82) is 0 Å². The van der Waals surface area contributed by atoms with Crippen LogP contribution >= 0.6 is 0 Å². The molecule has 0 saturated carbocycles. The highest BCUT2D eigenvalue weighted by molar-refractivity contribution is 5.85. The second-order valence-electron chi connectivity index (χ2n) is 6.58. The number of nitrogens with one attached hydrogen (secondary N) is 1. The molecular formula is C19H26N2O2. The van der Waals surface area contributed by atoms with Crippen molar-refractivity contribution >= 4 is 16.9 Å². The fourth-order valence-corrected chi connectivity index (χ4v) is 3.38. The van der Waals surface area contributed by atoms with Crippen LogP contribution in [0.25, 0.3) is 10.9 Å². The zero-order valence-electron chi connectivity index (χ0n) is 14.1. The maximum Gasteiger partial charge on any atom is 0.311 e. The molecule has 2 heterocycles. The van der Waals surface area contributed by atoms with Crippen LogP contribution in [0.15, 0.2) is 24.4 Å². The van der Waals surface area contributed by atoms with E-state index in [1.807, 2.05) is 18.2 Å². The number of likely N-dealkylation sites (tertiary alicyclic amines) is 1. The summed E-state index contributed by atoms with van der Waals surface area (Å²) < 4.78 is 5.48. The van der Waals surface area contributed by atoms with Gasteiger partial charge in [-0.3, -0.25) is 4.79 Å². The smallest absolute Gasteiger partial charge is 0.311 e. The number of likely N-dealkylation sites (N-methyl/N-ethyl adjacent to an activating group) is 1. The van der Waals surface area contributed by atoms with Gasteiger partial charge in [-0.25, -0.2) is 0 Å². The summed E-state index contributed by atoms with van der Waals surface area (Å²) in [5, 5.41) is 1.17. The number of hydrogen-bond acceptors (Lipinski definition) is 3. The quantitative estimate of drug-likeness (QED) is 0.649. The van der Waals surface area contributed by atoms with E-state index in [1.54, 1.807) is 0 Å². The number of carbonyl (C=O) groups excluding carboxylic acids is 1. The van der Waals surface area contributed by atoms with Crippen molar-refractivity contribution in [3.05, 3.63) is 30.0 Å². The van der Waals surface area contributed by atoms with Crippen LogP contribution in [0.2, 0.25) is 0 Å². The molecule has 1 N–H and O–H groups in total. The molecule has 0 radical (unpaired) electrons. The summed E-state index contributed by atoms with van der Waals surface area (Å²) in [4.78, 5) is 17.6. The van der Waals surface area contributed by atoms with Gasteiger partial charge in [-0.2, -0.15) is 0 Å². The molecule has 1 saturated heterocycles. The van der Waals surface area contributed by atoms with Crippen LogP contribution in [0, 0.1) is 0 Å². The molecule has 0 spiro atoms. The summed E-state index contributed by atoms with van der Waals surface area (Å²) in [6.45, 7) is 3.26. The molecule has 1 aromatic heterocycles. The van der Waals surface area contributed by atoms with Crippen LogP contribution in [0.4, 0.5) is 0 Å². The standard InChI is InChI=1S/C19H26N2O2/c1-3-4-7-19(22)23-16-8-9-18-17(12-16)14(13-20-18)11-15-6-5-10-21(15)2/h8-9,12-13,15,20H,3-7,10-11H2,1-2H3. The molecular weight excluding hydrogens is 288 g/mol. The fraction of sp³-hybridized carbons (Fsp3) is 0.526. The van der Waals surface area contributed by atoms with Crippen LogP contribution in [0.5, 0.6) is 5.75 Å². The summed E-state index contributed by atoms with van der Waals surface area (Å²) in [6.07, 6.45) is 8.05. The van der Waals surface area contributed by atoms with E-state index in [-0.39, 0.29) is 5.97 Å². The maximum atomic E-state index is 11.8. The molecule has 4 heteroatoms. The third-order valence-electron chi connectivity index (χ3n) is 4.83. The Kier molecular flexibility index (Phi) is 5.01. The van der Waals surface area contributed by atoms with Crippen molar-refractivity contribution < 1.29 is 9.53 Å². The molecule has 1 fully saturated rings. The monoisotopic (exact) mass is 314 g/mol. The minimum Gasteiger partial charge on any atom is -0.427 e. The molecule has 1 unspecified atom stereocenters. The number of aromatic amines is 1. The normalized spacial score (nSPS) is 18.6. The number of carbonyl (C=O) groups is 1. The van der Waals surface area contributed by atoms with Gasteiger partial charge in [0.05, 0.1) is 0 Å². The van der Waals surface area contributed by atoms with Gasteiger partial charge in [0.1, 0.15) is 5.75 Å². The van der Waals surface area contributed by atoms with Crippen molar-refractivity contribution in [3.8, 4) is 5.75 Å². The van der Waals surface area contributed by atoms with E-state index < -0.39 is 0 Å². The number of fused-ring (bicyclic) bond motifs is 1. The average Bonchev–Trinajstić information content (AvgIpc) is 3.13. The van der Waals surface area contributed by atoms with Crippen molar-refractivity contribution in [1.82, 2.24) is 9.88 Å². The predicted octanol–water partition coefficient (Wildman–Crippen LogP) is 3.90. The Balaban J connectivity index is 1.75. The van der Waals surface area contributed by atoms with E-state index >= 15 is 0 Å². The van der Waals surface area contributed by atoms with Crippen LogP contribution in [-0.4, -0.2) is 35.5 Å². The first-order valence-corrected chi connectivity index (χ1v) is 8.68. The first-order chi connectivity index (χ1) is 11.2. The van der Waals surface area contributed by atoms with Gasteiger partial charge < -0.3 is 14.6 Å². The summed E-state index contributed by atoms with van der Waals surface area (Å²) in [5.41, 5.74) is 2.42. The SMILES string of the molecule is CCCCC(=O)Oc1ccc2[nH]cc(CC3CCCN3C)c2c1. The number of H-pyrrole nitrogens is 1. The topological polar surface area (TPSA) is 45.3 Å². The zero-order chi connectivity index (χ0) is 16.2. The van der Waals surface area contributed by atoms with Gasteiger partial charge in [-0.1, -0.05) is 13.3 Å². The second kappa shape index (κ2) is 7.18. The van der Waals surface area contributed by atoms with E-state index in [9.17, 15) is 4.79 Å². The van der Waals surface area contributed by atoms with E-state index in [2.05, 4.69) is 30.1 Å². The molecule has 2 aromatic rings. The van der Waals surface area contributed by atoms with Crippen LogP contribution in [0.1, 0.15) is 44.6 Å². The van der Waals surface area contributed by atoms with Crippen molar-refractivity contribution in [2.24, 2.45) is 0 Å². The minimum absolute atomic E-state index is 0.140. The van der Waals surface area contributed by atoms with Crippen LogP contribution < -0.4 is 4.74 Å². The van der Waals surface area contributed by atoms with E-state index in [0.717, 1.165) is 24.8 Å².